The summed E-state index contributed by atoms with van der Waals surface area (Å²) in [6.07, 6.45) is 4.03. The van der Waals surface area contributed by atoms with Gasteiger partial charge in [-0.1, -0.05) is 51.3 Å². The van der Waals surface area contributed by atoms with Crippen molar-refractivity contribution >= 4 is 0 Å². The van der Waals surface area contributed by atoms with Crippen molar-refractivity contribution in [3.05, 3.63) is 30.3 Å². The summed E-state index contributed by atoms with van der Waals surface area (Å²) in [6.45, 7) is 4.22. The predicted octanol–water partition coefficient (Wildman–Crippen LogP) is 4.42. The van der Waals surface area contributed by atoms with Crippen LogP contribution in [0, 0.1) is 0 Å². The molecule has 0 bridgehead atoms. The number of unbranched alkanes of at least 4 members (excludes halogenated alkanes) is 1. The SMILES string of the molecule is [2H][C@H](CC)[C@H](CCCC)Oc1ccccc1. The van der Waals surface area contributed by atoms with Crippen LogP contribution in [0.15, 0.2) is 30.3 Å². The first-order valence-corrected chi connectivity index (χ1v) is 5.91. The van der Waals surface area contributed by atoms with Crippen LogP contribution in [-0.2, 0) is 0 Å². The van der Waals surface area contributed by atoms with Gasteiger partial charge in [0.05, 0.1) is 6.10 Å². The van der Waals surface area contributed by atoms with Gasteiger partial charge in [0.25, 0.3) is 0 Å². The van der Waals surface area contributed by atoms with E-state index in [1.807, 2.05) is 37.3 Å². The molecule has 0 aromatic heterocycles. The lowest BCUT2D eigenvalue weighted by Crippen LogP contribution is -2.15. The van der Waals surface area contributed by atoms with E-state index in [9.17, 15) is 0 Å². The molecule has 84 valence electrons. The molecule has 0 heterocycles. The standard InChI is InChI=1S/C14H22O/c1-3-5-10-13(9-4-2)15-14-11-7-6-8-12-14/h6-8,11-13H,3-5,9-10H2,1-2H3/t13-/m1/s1/i9D/t9-,13-. The minimum atomic E-state index is -0.119. The molecule has 0 N–H and O–H groups in total. The highest BCUT2D eigenvalue weighted by Gasteiger charge is 2.08. The van der Waals surface area contributed by atoms with Crippen molar-refractivity contribution in [2.45, 2.75) is 52.0 Å². The van der Waals surface area contributed by atoms with Gasteiger partial charge in [0.2, 0.25) is 0 Å². The number of rotatable bonds is 7. The summed E-state index contributed by atoms with van der Waals surface area (Å²) in [4.78, 5) is 0. The summed E-state index contributed by atoms with van der Waals surface area (Å²) < 4.78 is 13.9. The molecule has 1 nitrogen and oxygen atoms in total. The Kier molecular flexibility index (Phi) is 5.15. The van der Waals surface area contributed by atoms with Crippen LogP contribution in [0.1, 0.15) is 47.3 Å². The lowest BCUT2D eigenvalue weighted by Gasteiger charge is -2.18. The zero-order valence-corrected chi connectivity index (χ0v) is 9.78. The van der Waals surface area contributed by atoms with Crippen LogP contribution in [-0.4, -0.2) is 6.10 Å². The fraction of sp³-hybridized carbons (Fsp3) is 0.571. The quantitative estimate of drug-likeness (QED) is 0.643. The van der Waals surface area contributed by atoms with Crippen molar-refractivity contribution < 1.29 is 6.11 Å². The lowest BCUT2D eigenvalue weighted by atomic mass is 10.1. The number of benzene rings is 1. The summed E-state index contributed by atoms with van der Waals surface area (Å²) >= 11 is 0. The highest BCUT2D eigenvalue weighted by molar-refractivity contribution is 5.21. The third kappa shape index (κ3) is 4.87. The van der Waals surface area contributed by atoms with Crippen LogP contribution in [0.3, 0.4) is 0 Å². The van der Waals surface area contributed by atoms with Gasteiger partial charge in [-0.05, 0) is 25.0 Å². The van der Waals surface area contributed by atoms with Gasteiger partial charge in [-0.3, -0.25) is 0 Å². The number of ether oxygens (including phenoxy) is 1. The first kappa shape index (κ1) is 10.5. The molecule has 0 fully saturated rings. The topological polar surface area (TPSA) is 9.23 Å². The lowest BCUT2D eigenvalue weighted by molar-refractivity contribution is 0.176. The number of hydrogen-bond acceptors (Lipinski definition) is 1. The number of hydrogen-bond donors (Lipinski definition) is 0. The highest BCUT2D eigenvalue weighted by Crippen LogP contribution is 2.17. The second-order valence-corrected chi connectivity index (χ2v) is 3.76. The molecule has 0 spiro atoms. The van der Waals surface area contributed by atoms with Crippen molar-refractivity contribution in [2.75, 3.05) is 0 Å². The fourth-order valence-electron chi connectivity index (χ4n) is 1.57. The van der Waals surface area contributed by atoms with E-state index < -0.39 is 0 Å². The van der Waals surface area contributed by atoms with Crippen LogP contribution in [0.5, 0.6) is 5.75 Å². The summed E-state index contributed by atoms with van der Waals surface area (Å²) in [6, 6.07) is 9.84. The predicted molar refractivity (Wildman–Crippen MR) is 65.3 cm³/mol. The molecular formula is C14H22O. The molecule has 1 aromatic carbocycles. The first-order chi connectivity index (χ1) is 7.77. The van der Waals surface area contributed by atoms with Crippen molar-refractivity contribution in [1.82, 2.24) is 0 Å². The molecule has 1 aromatic rings. The van der Waals surface area contributed by atoms with E-state index in [1.165, 1.54) is 0 Å². The Morgan fingerprint density at radius 3 is 2.53 bits per heavy atom. The number of para-hydroxylation sites is 1. The molecule has 0 unspecified atom stereocenters. The average molecular weight is 207 g/mol. The van der Waals surface area contributed by atoms with E-state index in [2.05, 4.69) is 6.92 Å². The monoisotopic (exact) mass is 207 g/mol. The second kappa shape index (κ2) is 7.33. The van der Waals surface area contributed by atoms with Gasteiger partial charge in [0, 0.05) is 1.37 Å². The first-order valence-electron chi connectivity index (χ1n) is 6.49. The molecule has 0 radical (unpaired) electrons. The van der Waals surface area contributed by atoms with Crippen LogP contribution in [0.4, 0.5) is 0 Å². The Morgan fingerprint density at radius 2 is 1.93 bits per heavy atom. The summed E-state index contributed by atoms with van der Waals surface area (Å²) in [7, 11) is 0. The molecule has 0 saturated carbocycles. The Bertz CT molecular complexity index is 273. The molecule has 15 heavy (non-hydrogen) atoms. The van der Waals surface area contributed by atoms with E-state index in [4.69, 9.17) is 6.11 Å². The zero-order chi connectivity index (χ0) is 11.8. The average Bonchev–Trinajstić information content (AvgIpc) is 2.34. The summed E-state index contributed by atoms with van der Waals surface area (Å²) in [5.74, 6) is 0.884. The molecule has 1 heteroatoms. The molecule has 0 amide bonds. The minimum absolute atomic E-state index is 0.0346. The second-order valence-electron chi connectivity index (χ2n) is 3.76. The third-order valence-corrected chi connectivity index (χ3v) is 2.37. The van der Waals surface area contributed by atoms with Crippen molar-refractivity contribution in [2.24, 2.45) is 0 Å². The van der Waals surface area contributed by atoms with Gasteiger partial charge in [0.1, 0.15) is 5.75 Å². The maximum Gasteiger partial charge on any atom is 0.119 e. The Labute approximate surface area is 94.9 Å². The van der Waals surface area contributed by atoms with E-state index in [0.717, 1.165) is 31.4 Å². The molecule has 0 saturated heterocycles. The maximum absolute atomic E-state index is 7.98. The van der Waals surface area contributed by atoms with Crippen LogP contribution < -0.4 is 4.74 Å². The van der Waals surface area contributed by atoms with Gasteiger partial charge < -0.3 is 4.74 Å². The van der Waals surface area contributed by atoms with Gasteiger partial charge in [-0.15, -0.1) is 0 Å². The highest BCUT2D eigenvalue weighted by atomic mass is 16.5. The Hall–Kier alpha value is -0.980. The van der Waals surface area contributed by atoms with E-state index in [0.29, 0.717) is 0 Å². The molecule has 0 aliphatic carbocycles. The van der Waals surface area contributed by atoms with E-state index in [1.54, 1.807) is 0 Å². The zero-order valence-electron chi connectivity index (χ0n) is 10.8. The van der Waals surface area contributed by atoms with Crippen LogP contribution >= 0.6 is 0 Å². The molecule has 1 rings (SSSR count). The van der Waals surface area contributed by atoms with E-state index in [-0.39, 0.29) is 12.5 Å². The van der Waals surface area contributed by atoms with Gasteiger partial charge >= 0.3 is 0 Å². The molecule has 0 aliphatic rings. The molecule has 2 atom stereocenters. The van der Waals surface area contributed by atoms with Gasteiger partial charge in [-0.2, -0.15) is 0 Å². The normalized spacial score (nSPS) is 15.5. The van der Waals surface area contributed by atoms with Crippen molar-refractivity contribution in [3.63, 3.8) is 0 Å². The van der Waals surface area contributed by atoms with Crippen molar-refractivity contribution in [3.8, 4) is 5.75 Å². The maximum atomic E-state index is 7.98. The Balaban J connectivity index is 2.56. The molecule has 0 aliphatic heterocycles. The minimum Gasteiger partial charge on any atom is -0.490 e. The van der Waals surface area contributed by atoms with Gasteiger partial charge in [-0.25, -0.2) is 0 Å². The summed E-state index contributed by atoms with van der Waals surface area (Å²) in [5.41, 5.74) is 0. The Morgan fingerprint density at radius 1 is 1.20 bits per heavy atom. The smallest absolute Gasteiger partial charge is 0.119 e. The third-order valence-electron chi connectivity index (χ3n) is 2.37. The fourth-order valence-corrected chi connectivity index (χ4v) is 1.57. The largest absolute Gasteiger partial charge is 0.490 e. The van der Waals surface area contributed by atoms with Crippen LogP contribution in [0.25, 0.3) is 0 Å². The van der Waals surface area contributed by atoms with E-state index >= 15 is 0 Å². The van der Waals surface area contributed by atoms with Crippen molar-refractivity contribution in [1.29, 1.82) is 0 Å². The van der Waals surface area contributed by atoms with Crippen LogP contribution in [0.2, 0.25) is 0 Å². The van der Waals surface area contributed by atoms with Gasteiger partial charge in [0.15, 0.2) is 0 Å². The molecular weight excluding hydrogens is 184 g/mol. The summed E-state index contributed by atoms with van der Waals surface area (Å²) in [5, 5.41) is 0.